The minimum atomic E-state index is -0.917. The molecule has 1 atom stereocenters. The van der Waals surface area contributed by atoms with Crippen LogP contribution in [0.5, 0.6) is 0 Å². The molecule has 1 unspecified atom stereocenters. The Morgan fingerprint density at radius 2 is 1.76 bits per heavy atom. The first kappa shape index (κ1) is 23.5. The number of thioether (sulfide) groups is 1. The Labute approximate surface area is 188 Å². The van der Waals surface area contributed by atoms with Gasteiger partial charge < -0.3 is 10.1 Å². The Balaban J connectivity index is 2.03. The Kier molecular flexibility index (Phi) is 9.30. The first-order chi connectivity index (χ1) is 13.8. The van der Waals surface area contributed by atoms with Gasteiger partial charge in [0.1, 0.15) is 6.04 Å². The Morgan fingerprint density at radius 3 is 2.41 bits per heavy atom. The van der Waals surface area contributed by atoms with Crippen LogP contribution in [0.2, 0.25) is 15.1 Å². The zero-order valence-corrected chi connectivity index (χ0v) is 18.5. The molecule has 29 heavy (non-hydrogen) atoms. The number of ketones is 1. The molecule has 0 saturated heterocycles. The molecule has 0 saturated carbocycles. The van der Waals surface area contributed by atoms with Crippen molar-refractivity contribution in [3.05, 3.63) is 68.7 Å². The molecular formula is C20H18Cl3NO4S. The molecule has 0 aliphatic rings. The summed E-state index contributed by atoms with van der Waals surface area (Å²) in [6, 6.07) is 10.0. The summed E-state index contributed by atoms with van der Waals surface area (Å²) >= 11 is 19.4. The van der Waals surface area contributed by atoms with Gasteiger partial charge in [-0.1, -0.05) is 46.9 Å². The topological polar surface area (TPSA) is 72.5 Å². The van der Waals surface area contributed by atoms with Crippen LogP contribution in [-0.4, -0.2) is 42.3 Å². The first-order valence-corrected chi connectivity index (χ1v) is 11.1. The van der Waals surface area contributed by atoms with Crippen LogP contribution in [0, 0.1) is 0 Å². The number of carbonyl (C=O) groups excluding carboxylic acids is 3. The molecular weight excluding hydrogens is 457 g/mol. The maximum atomic E-state index is 12.5. The van der Waals surface area contributed by atoms with E-state index in [-0.39, 0.29) is 21.2 Å². The molecule has 0 aliphatic carbocycles. The fraction of sp³-hybridized carbons (Fsp3) is 0.250. The van der Waals surface area contributed by atoms with Gasteiger partial charge in [0.05, 0.1) is 15.6 Å². The fourth-order valence-corrected chi connectivity index (χ4v) is 3.60. The summed E-state index contributed by atoms with van der Waals surface area (Å²) in [5.41, 5.74) is 0.449. The predicted octanol–water partition coefficient (Wildman–Crippen LogP) is 4.92. The SMILES string of the molecule is CSCCC(NC(=O)c1ccccc1Cl)C(=O)OCC(=O)c1ccc(Cl)cc1Cl. The van der Waals surface area contributed by atoms with Gasteiger partial charge in [-0.05, 0) is 48.8 Å². The fourth-order valence-electron chi connectivity index (χ4n) is 2.40. The van der Waals surface area contributed by atoms with E-state index in [9.17, 15) is 14.4 Å². The quantitative estimate of drug-likeness (QED) is 0.412. The summed E-state index contributed by atoms with van der Waals surface area (Å²) in [7, 11) is 0. The van der Waals surface area contributed by atoms with Gasteiger partial charge in [0.25, 0.3) is 5.91 Å². The van der Waals surface area contributed by atoms with E-state index in [1.165, 1.54) is 30.0 Å². The summed E-state index contributed by atoms with van der Waals surface area (Å²) < 4.78 is 5.13. The first-order valence-electron chi connectivity index (χ1n) is 8.52. The molecule has 0 radical (unpaired) electrons. The molecule has 2 aromatic carbocycles. The minimum Gasteiger partial charge on any atom is -0.456 e. The molecule has 9 heteroatoms. The van der Waals surface area contributed by atoms with Crippen molar-refractivity contribution in [3.8, 4) is 0 Å². The number of rotatable bonds is 9. The van der Waals surface area contributed by atoms with Gasteiger partial charge in [-0.25, -0.2) is 4.79 Å². The second-order valence-corrected chi connectivity index (χ2v) is 8.18. The highest BCUT2D eigenvalue weighted by atomic mass is 35.5. The molecule has 0 heterocycles. The lowest BCUT2D eigenvalue weighted by Crippen LogP contribution is -2.42. The van der Waals surface area contributed by atoms with Crippen molar-refractivity contribution in [2.24, 2.45) is 0 Å². The molecule has 2 aromatic rings. The second kappa shape index (κ2) is 11.5. The number of halogens is 3. The Hall–Kier alpha value is -1.73. The number of hydrogen-bond acceptors (Lipinski definition) is 5. The lowest BCUT2D eigenvalue weighted by atomic mass is 10.1. The molecule has 5 nitrogen and oxygen atoms in total. The lowest BCUT2D eigenvalue weighted by Gasteiger charge is -2.17. The third-order valence-electron chi connectivity index (χ3n) is 3.90. The van der Waals surface area contributed by atoms with E-state index in [0.29, 0.717) is 17.2 Å². The Bertz CT molecular complexity index is 907. The van der Waals surface area contributed by atoms with Gasteiger partial charge in [-0.2, -0.15) is 11.8 Å². The van der Waals surface area contributed by atoms with Crippen molar-refractivity contribution in [3.63, 3.8) is 0 Å². The van der Waals surface area contributed by atoms with Crippen LogP contribution in [0.3, 0.4) is 0 Å². The summed E-state index contributed by atoms with van der Waals surface area (Å²) in [5, 5.41) is 3.46. The van der Waals surface area contributed by atoms with Gasteiger partial charge in [0, 0.05) is 10.6 Å². The minimum absolute atomic E-state index is 0.171. The van der Waals surface area contributed by atoms with E-state index in [0.717, 1.165) is 0 Å². The smallest absolute Gasteiger partial charge is 0.329 e. The largest absolute Gasteiger partial charge is 0.456 e. The number of nitrogens with one attached hydrogen (secondary N) is 1. The normalized spacial score (nSPS) is 11.6. The molecule has 0 fully saturated rings. The van der Waals surface area contributed by atoms with Gasteiger partial charge >= 0.3 is 5.97 Å². The standard InChI is InChI=1S/C20H18Cl3NO4S/c1-29-9-8-17(24-19(26)14-4-2-3-5-15(14)22)20(27)28-11-18(25)13-7-6-12(21)10-16(13)23/h2-7,10,17H,8-9,11H2,1H3,(H,24,26). The van der Waals surface area contributed by atoms with E-state index >= 15 is 0 Å². The van der Waals surface area contributed by atoms with Gasteiger partial charge in [-0.15, -0.1) is 0 Å². The average molecular weight is 475 g/mol. The number of ether oxygens (including phenoxy) is 1. The molecule has 1 amide bonds. The predicted molar refractivity (Wildman–Crippen MR) is 117 cm³/mol. The van der Waals surface area contributed by atoms with Gasteiger partial charge in [0.2, 0.25) is 5.78 Å². The van der Waals surface area contributed by atoms with E-state index in [2.05, 4.69) is 5.32 Å². The molecule has 1 N–H and O–H groups in total. The lowest BCUT2D eigenvalue weighted by molar-refractivity contribution is -0.144. The van der Waals surface area contributed by atoms with Crippen molar-refractivity contribution in [2.45, 2.75) is 12.5 Å². The zero-order valence-electron chi connectivity index (χ0n) is 15.4. The number of esters is 1. The van der Waals surface area contributed by atoms with E-state index in [1.807, 2.05) is 6.26 Å². The summed E-state index contributed by atoms with van der Waals surface area (Å²) in [4.78, 5) is 37.3. The maximum absolute atomic E-state index is 12.5. The molecule has 0 bridgehead atoms. The van der Waals surface area contributed by atoms with Crippen LogP contribution in [-0.2, 0) is 9.53 Å². The molecule has 0 aromatic heterocycles. The van der Waals surface area contributed by atoms with E-state index in [4.69, 9.17) is 39.5 Å². The maximum Gasteiger partial charge on any atom is 0.329 e. The van der Waals surface area contributed by atoms with E-state index < -0.39 is 30.3 Å². The van der Waals surface area contributed by atoms with Crippen LogP contribution >= 0.6 is 46.6 Å². The molecule has 0 aliphatic heterocycles. The van der Waals surface area contributed by atoms with Crippen molar-refractivity contribution >= 4 is 64.2 Å². The van der Waals surface area contributed by atoms with Crippen LogP contribution in [0.25, 0.3) is 0 Å². The highest BCUT2D eigenvalue weighted by Crippen LogP contribution is 2.21. The van der Waals surface area contributed by atoms with Crippen LogP contribution in [0.15, 0.2) is 42.5 Å². The second-order valence-electron chi connectivity index (χ2n) is 5.94. The zero-order chi connectivity index (χ0) is 21.4. The van der Waals surface area contributed by atoms with Gasteiger partial charge in [-0.3, -0.25) is 9.59 Å². The average Bonchev–Trinajstić information content (AvgIpc) is 2.69. The molecule has 154 valence electrons. The number of Topliss-reactive ketones (excluding diaryl/α,β-unsaturated/α-hetero) is 1. The number of amides is 1. The van der Waals surface area contributed by atoms with Crippen molar-refractivity contribution < 1.29 is 19.1 Å². The Morgan fingerprint density at radius 1 is 1.03 bits per heavy atom. The van der Waals surface area contributed by atoms with Crippen molar-refractivity contribution in [1.82, 2.24) is 5.32 Å². The monoisotopic (exact) mass is 473 g/mol. The van der Waals surface area contributed by atoms with Crippen LogP contribution in [0.4, 0.5) is 0 Å². The highest BCUT2D eigenvalue weighted by molar-refractivity contribution is 7.98. The van der Waals surface area contributed by atoms with Crippen LogP contribution < -0.4 is 5.32 Å². The third-order valence-corrected chi connectivity index (χ3v) is 5.42. The third kappa shape index (κ3) is 6.93. The van der Waals surface area contributed by atoms with Gasteiger partial charge in [0.15, 0.2) is 6.61 Å². The summed E-state index contributed by atoms with van der Waals surface area (Å²) in [5.74, 6) is -1.07. The number of benzene rings is 2. The van der Waals surface area contributed by atoms with Crippen molar-refractivity contribution in [1.29, 1.82) is 0 Å². The molecule has 0 spiro atoms. The summed E-state index contributed by atoms with van der Waals surface area (Å²) in [6.45, 7) is -0.502. The highest BCUT2D eigenvalue weighted by Gasteiger charge is 2.24. The van der Waals surface area contributed by atoms with Crippen molar-refractivity contribution in [2.75, 3.05) is 18.6 Å². The number of hydrogen-bond donors (Lipinski definition) is 1. The summed E-state index contributed by atoms with van der Waals surface area (Å²) in [6.07, 6.45) is 2.22. The number of carbonyl (C=O) groups is 3. The van der Waals surface area contributed by atoms with Crippen LogP contribution in [0.1, 0.15) is 27.1 Å². The molecule has 2 rings (SSSR count). The van der Waals surface area contributed by atoms with E-state index in [1.54, 1.807) is 24.3 Å².